The molecule has 0 atom stereocenters. The van der Waals surface area contributed by atoms with Gasteiger partial charge in [-0.2, -0.15) is 0 Å². The van der Waals surface area contributed by atoms with Gasteiger partial charge in [-0.1, -0.05) is 45.0 Å². The van der Waals surface area contributed by atoms with Crippen LogP contribution in [0.2, 0.25) is 0 Å². The smallest absolute Gasteiger partial charge is 0.134 e. The van der Waals surface area contributed by atoms with Gasteiger partial charge in [0.2, 0.25) is 0 Å². The fraction of sp³-hybridized carbons (Fsp3) is 0.194. The van der Waals surface area contributed by atoms with E-state index in [0.29, 0.717) is 0 Å². The van der Waals surface area contributed by atoms with E-state index < -0.39 is 0 Å². The van der Waals surface area contributed by atoms with Crippen molar-refractivity contribution in [3.63, 3.8) is 0 Å². The lowest BCUT2D eigenvalue weighted by Crippen LogP contribution is -2.12. The Kier molecular flexibility index (Phi) is 4.69. The summed E-state index contributed by atoms with van der Waals surface area (Å²) in [5.74, 6) is 0.942. The van der Waals surface area contributed by atoms with Crippen molar-refractivity contribution in [1.29, 1.82) is 0 Å². The van der Waals surface area contributed by atoms with Crippen LogP contribution in [-0.4, -0.2) is 4.98 Å². The zero-order chi connectivity index (χ0) is 23.6. The van der Waals surface area contributed by atoms with Gasteiger partial charge in [-0.3, -0.25) is 4.98 Å². The van der Waals surface area contributed by atoms with E-state index in [4.69, 9.17) is 9.40 Å². The van der Waals surface area contributed by atoms with Gasteiger partial charge in [0.15, 0.2) is 0 Å². The quantitative estimate of drug-likeness (QED) is 0.257. The largest absolute Gasteiger partial charge is 0.461 e. The number of benzene rings is 3. The molecular formula is C31H27NOS. The number of nitrogens with zero attached hydrogens (tertiary/aromatic N) is 1. The molecule has 0 aliphatic heterocycles. The maximum Gasteiger partial charge on any atom is 0.134 e. The standard InChI is InChI=1S/C31H27NOS/c1-18-14-22-16-21(10-11-27(22)33-18)29-19(2)24-12-13-32-28(30(24)34-29)23-15-20-8-6-7-9-25(20)26(17-23)31(3,4)5/h6-17H,1-5H3. The molecule has 34 heavy (non-hydrogen) atoms. The highest BCUT2D eigenvalue weighted by atomic mass is 32.1. The Bertz CT molecular complexity index is 1710. The summed E-state index contributed by atoms with van der Waals surface area (Å²) in [5, 5.41) is 5.00. The Morgan fingerprint density at radius 1 is 0.794 bits per heavy atom. The fourth-order valence-electron chi connectivity index (χ4n) is 5.01. The maximum atomic E-state index is 5.79. The lowest BCUT2D eigenvalue weighted by atomic mass is 9.82. The van der Waals surface area contributed by atoms with Crippen LogP contribution in [0.1, 0.15) is 37.7 Å². The van der Waals surface area contributed by atoms with Gasteiger partial charge >= 0.3 is 0 Å². The molecule has 0 aliphatic rings. The minimum atomic E-state index is 0.0399. The Hall–Kier alpha value is -3.43. The van der Waals surface area contributed by atoms with Gasteiger partial charge in [-0.15, -0.1) is 11.3 Å². The lowest BCUT2D eigenvalue weighted by molar-refractivity contribution is 0.578. The van der Waals surface area contributed by atoms with Crippen LogP contribution in [0, 0.1) is 13.8 Å². The van der Waals surface area contributed by atoms with Crippen molar-refractivity contribution in [1.82, 2.24) is 4.98 Å². The predicted molar refractivity (Wildman–Crippen MR) is 146 cm³/mol. The number of furan rings is 1. The molecular weight excluding hydrogens is 434 g/mol. The number of rotatable bonds is 2. The summed E-state index contributed by atoms with van der Waals surface area (Å²) in [7, 11) is 0. The van der Waals surface area contributed by atoms with Crippen molar-refractivity contribution >= 4 is 43.2 Å². The minimum Gasteiger partial charge on any atom is -0.461 e. The molecule has 0 unspecified atom stereocenters. The zero-order valence-electron chi connectivity index (χ0n) is 20.2. The first-order valence-electron chi connectivity index (χ1n) is 11.7. The number of hydrogen-bond acceptors (Lipinski definition) is 3. The third-order valence-electron chi connectivity index (χ3n) is 6.70. The molecule has 0 saturated carbocycles. The van der Waals surface area contributed by atoms with Crippen LogP contribution in [0.3, 0.4) is 0 Å². The Morgan fingerprint density at radius 2 is 1.59 bits per heavy atom. The molecule has 0 spiro atoms. The van der Waals surface area contributed by atoms with Gasteiger partial charge in [-0.25, -0.2) is 0 Å². The van der Waals surface area contributed by atoms with Crippen molar-refractivity contribution < 1.29 is 4.42 Å². The van der Waals surface area contributed by atoms with Crippen LogP contribution in [0.15, 0.2) is 77.3 Å². The Balaban J connectivity index is 1.58. The maximum absolute atomic E-state index is 5.79. The van der Waals surface area contributed by atoms with Crippen LogP contribution in [0.4, 0.5) is 0 Å². The van der Waals surface area contributed by atoms with E-state index in [1.165, 1.54) is 48.0 Å². The van der Waals surface area contributed by atoms with E-state index >= 15 is 0 Å². The summed E-state index contributed by atoms with van der Waals surface area (Å²) < 4.78 is 7.04. The molecule has 3 heterocycles. The van der Waals surface area contributed by atoms with Crippen molar-refractivity contribution in [3.8, 4) is 21.7 Å². The number of pyridine rings is 1. The molecule has 0 N–H and O–H groups in total. The van der Waals surface area contributed by atoms with Gasteiger partial charge in [0.25, 0.3) is 0 Å². The van der Waals surface area contributed by atoms with Crippen LogP contribution in [0.5, 0.6) is 0 Å². The van der Waals surface area contributed by atoms with E-state index in [-0.39, 0.29) is 5.41 Å². The van der Waals surface area contributed by atoms with Gasteiger partial charge in [0, 0.05) is 22.0 Å². The fourth-order valence-corrected chi connectivity index (χ4v) is 6.32. The van der Waals surface area contributed by atoms with E-state index in [9.17, 15) is 0 Å². The van der Waals surface area contributed by atoms with Crippen LogP contribution < -0.4 is 0 Å². The van der Waals surface area contributed by atoms with Gasteiger partial charge in [0.1, 0.15) is 11.3 Å². The molecule has 0 bridgehead atoms. The van der Waals surface area contributed by atoms with Crippen molar-refractivity contribution in [2.75, 3.05) is 0 Å². The van der Waals surface area contributed by atoms with Crippen molar-refractivity contribution in [2.24, 2.45) is 0 Å². The average molecular weight is 462 g/mol. The van der Waals surface area contributed by atoms with Crippen molar-refractivity contribution in [2.45, 2.75) is 40.0 Å². The van der Waals surface area contributed by atoms with E-state index in [0.717, 1.165) is 22.4 Å². The topological polar surface area (TPSA) is 26.0 Å². The summed E-state index contributed by atoms with van der Waals surface area (Å²) in [6.07, 6.45) is 1.95. The van der Waals surface area contributed by atoms with Crippen LogP contribution in [-0.2, 0) is 5.41 Å². The highest BCUT2D eigenvalue weighted by molar-refractivity contribution is 7.23. The molecule has 168 valence electrons. The second-order valence-corrected chi connectivity index (χ2v) is 11.2. The molecule has 0 radical (unpaired) electrons. The zero-order valence-corrected chi connectivity index (χ0v) is 21.0. The summed E-state index contributed by atoms with van der Waals surface area (Å²) in [5.41, 5.74) is 7.11. The predicted octanol–water partition coefficient (Wildman–Crippen LogP) is 9.44. The van der Waals surface area contributed by atoms with Gasteiger partial charge in [0.05, 0.1) is 10.4 Å². The highest BCUT2D eigenvalue weighted by Crippen LogP contribution is 2.44. The molecule has 0 amide bonds. The molecule has 0 aliphatic carbocycles. The molecule has 3 aromatic heterocycles. The normalized spacial score (nSPS) is 12.3. The SMILES string of the molecule is Cc1cc2cc(-c3sc4c(-c5cc(C(C)(C)C)c6ccccc6c5)nccc4c3C)ccc2o1. The van der Waals surface area contributed by atoms with Gasteiger partial charge in [-0.05, 0) is 94.6 Å². The first-order chi connectivity index (χ1) is 16.3. The summed E-state index contributed by atoms with van der Waals surface area (Å²) in [6, 6.07) is 24.1. The minimum absolute atomic E-state index is 0.0399. The number of aromatic nitrogens is 1. The molecule has 2 nitrogen and oxygen atoms in total. The third kappa shape index (κ3) is 3.35. The number of thiophene rings is 1. The summed E-state index contributed by atoms with van der Waals surface area (Å²) >= 11 is 1.84. The second kappa shape index (κ2) is 7.54. The first kappa shape index (κ1) is 21.1. The van der Waals surface area contributed by atoms with Gasteiger partial charge < -0.3 is 4.42 Å². The summed E-state index contributed by atoms with van der Waals surface area (Å²) in [6.45, 7) is 11.1. The van der Waals surface area contributed by atoms with E-state index in [2.05, 4.69) is 94.4 Å². The monoisotopic (exact) mass is 461 g/mol. The average Bonchev–Trinajstić information content (AvgIpc) is 3.36. The van der Waals surface area contributed by atoms with E-state index in [1.807, 2.05) is 24.5 Å². The summed E-state index contributed by atoms with van der Waals surface area (Å²) in [4.78, 5) is 6.20. The number of fused-ring (bicyclic) bond motifs is 3. The molecule has 6 rings (SSSR count). The third-order valence-corrected chi connectivity index (χ3v) is 8.06. The molecule has 6 aromatic rings. The first-order valence-corrected chi connectivity index (χ1v) is 12.5. The Labute approximate surface area is 203 Å². The van der Waals surface area contributed by atoms with Crippen LogP contribution in [0.25, 0.3) is 53.5 Å². The molecule has 3 heteroatoms. The lowest BCUT2D eigenvalue weighted by Gasteiger charge is -2.22. The molecule has 3 aromatic carbocycles. The van der Waals surface area contributed by atoms with E-state index in [1.54, 1.807) is 0 Å². The number of hydrogen-bond donors (Lipinski definition) is 0. The molecule has 0 fully saturated rings. The second-order valence-electron chi connectivity index (χ2n) is 10.2. The Morgan fingerprint density at radius 3 is 2.41 bits per heavy atom. The van der Waals surface area contributed by atoms with Crippen LogP contribution >= 0.6 is 11.3 Å². The highest BCUT2D eigenvalue weighted by Gasteiger charge is 2.21. The van der Waals surface area contributed by atoms with Crippen molar-refractivity contribution in [3.05, 3.63) is 89.8 Å². The molecule has 0 saturated heterocycles. The number of aryl methyl sites for hydroxylation is 2.